The number of ether oxygens (including phenoxy) is 1. The van der Waals surface area contributed by atoms with Gasteiger partial charge in [0.15, 0.2) is 0 Å². The summed E-state index contributed by atoms with van der Waals surface area (Å²) in [6.45, 7) is 0. The molecule has 0 saturated carbocycles. The number of nitrogens with zero attached hydrogens (tertiary/aromatic N) is 5. The second-order valence-electron chi connectivity index (χ2n) is 10.3. The number of nitrogens with one attached hydrogen (secondary N) is 1. The maximum Gasteiger partial charge on any atom is 0.267 e. The van der Waals surface area contributed by atoms with E-state index in [1.165, 1.54) is 47.4 Å². The van der Waals surface area contributed by atoms with E-state index in [1.807, 2.05) is 25.4 Å². The van der Waals surface area contributed by atoms with E-state index in [-0.39, 0.29) is 11.4 Å². The van der Waals surface area contributed by atoms with Crippen molar-refractivity contribution in [2.75, 3.05) is 11.1 Å². The van der Waals surface area contributed by atoms with Crippen molar-refractivity contribution in [1.29, 1.82) is 0 Å². The van der Waals surface area contributed by atoms with E-state index in [9.17, 15) is 14.0 Å². The number of hydrogen-bond donors (Lipinski definition) is 2. The molecular weight excluding hydrogens is 589 g/mol. The van der Waals surface area contributed by atoms with E-state index in [4.69, 9.17) is 14.9 Å². The summed E-state index contributed by atoms with van der Waals surface area (Å²) in [6.07, 6.45) is 6.41. The van der Waals surface area contributed by atoms with Gasteiger partial charge in [-0.3, -0.25) is 18.8 Å². The van der Waals surface area contributed by atoms with Gasteiger partial charge in [0.1, 0.15) is 34.6 Å². The van der Waals surface area contributed by atoms with Gasteiger partial charge < -0.3 is 20.2 Å². The Morgan fingerprint density at radius 2 is 1.72 bits per heavy atom. The molecule has 226 valence electrons. The third-order valence-corrected chi connectivity index (χ3v) is 7.24. The molecule has 0 aliphatic carbocycles. The Morgan fingerprint density at radius 1 is 0.957 bits per heavy atom. The molecule has 0 unspecified atom stereocenters. The van der Waals surface area contributed by atoms with Crippen LogP contribution in [0.3, 0.4) is 0 Å². The maximum atomic E-state index is 13.4. The van der Waals surface area contributed by atoms with Crippen molar-refractivity contribution in [2.24, 2.45) is 7.05 Å². The molecule has 0 atom stereocenters. The number of halogens is 1. The summed E-state index contributed by atoms with van der Waals surface area (Å²) < 4.78 is 28.7. The normalized spacial score (nSPS) is 11.1. The predicted molar refractivity (Wildman–Crippen MR) is 170 cm³/mol. The number of nitrogens with two attached hydrogens (primary N) is 1. The number of fused-ring (bicyclic) bond motifs is 1. The van der Waals surface area contributed by atoms with Crippen LogP contribution in [0.4, 0.5) is 15.8 Å². The fourth-order valence-corrected chi connectivity index (χ4v) is 5.04. The van der Waals surface area contributed by atoms with Crippen molar-refractivity contribution in [2.45, 2.75) is 0 Å². The van der Waals surface area contributed by atoms with Crippen LogP contribution in [-0.2, 0) is 7.05 Å². The lowest BCUT2D eigenvalue weighted by molar-refractivity contribution is 0.102. The van der Waals surface area contributed by atoms with Crippen molar-refractivity contribution in [3.05, 3.63) is 132 Å². The quantitative estimate of drug-likeness (QED) is 0.202. The highest BCUT2D eigenvalue weighted by Gasteiger charge is 2.24. The lowest BCUT2D eigenvalue weighted by Crippen LogP contribution is -2.27. The number of furan rings is 1. The maximum absolute atomic E-state index is 13.4. The number of rotatable bonds is 7. The van der Waals surface area contributed by atoms with Crippen LogP contribution in [0.2, 0.25) is 0 Å². The number of nitrogen functional groups attached to an aromatic ring is 1. The number of aromatic nitrogens is 5. The van der Waals surface area contributed by atoms with E-state index in [1.54, 1.807) is 53.3 Å². The van der Waals surface area contributed by atoms with Gasteiger partial charge in [-0.15, -0.1) is 0 Å². The van der Waals surface area contributed by atoms with Crippen molar-refractivity contribution < 1.29 is 18.3 Å². The highest BCUT2D eigenvalue weighted by molar-refractivity contribution is 6.04. The summed E-state index contributed by atoms with van der Waals surface area (Å²) in [7, 11) is 1.82. The van der Waals surface area contributed by atoms with Crippen molar-refractivity contribution in [3.63, 3.8) is 0 Å². The summed E-state index contributed by atoms with van der Waals surface area (Å²) in [5.41, 5.74) is 9.45. The molecule has 0 radical (unpaired) electrons. The minimum atomic E-state index is -0.595. The summed E-state index contributed by atoms with van der Waals surface area (Å²) in [5, 5.41) is 7.58. The van der Waals surface area contributed by atoms with Crippen LogP contribution < -0.4 is 21.3 Å². The molecule has 11 nitrogen and oxygen atoms in total. The summed E-state index contributed by atoms with van der Waals surface area (Å²) in [6, 6.07) is 22.4. The number of benzene rings is 3. The van der Waals surface area contributed by atoms with Gasteiger partial charge in [0.05, 0.1) is 11.8 Å². The lowest BCUT2D eigenvalue weighted by atomic mass is 10.0. The van der Waals surface area contributed by atoms with E-state index < -0.39 is 17.3 Å². The molecule has 46 heavy (non-hydrogen) atoms. The molecule has 1 amide bonds. The van der Waals surface area contributed by atoms with Crippen LogP contribution >= 0.6 is 0 Å². The van der Waals surface area contributed by atoms with Crippen LogP contribution in [0.5, 0.6) is 11.6 Å². The zero-order chi connectivity index (χ0) is 31.8. The first kappa shape index (κ1) is 28.2. The standard InChI is InChI=1S/C34H24FN7O4/c1-41-18-21(17-39-41)30-28(20-4-8-23(36)9-5-20)29-32(37-19-38-33(29)46-30)45-26-14-10-24(11-15-26)40-31(43)27-3-2-16-42(34(27)44)25-12-6-22(35)7-13-25/h2-19H,36H2,1H3,(H,40,43). The predicted octanol–water partition coefficient (Wildman–Crippen LogP) is 6.21. The summed E-state index contributed by atoms with van der Waals surface area (Å²) >= 11 is 0. The summed E-state index contributed by atoms with van der Waals surface area (Å²) in [5.74, 6) is 0.225. The van der Waals surface area contributed by atoms with E-state index >= 15 is 0 Å². The Balaban J connectivity index is 1.17. The topological polar surface area (TPSA) is 143 Å². The molecule has 4 heterocycles. The molecule has 0 spiro atoms. The molecule has 0 fully saturated rings. The first-order valence-corrected chi connectivity index (χ1v) is 14.0. The second kappa shape index (κ2) is 11.5. The highest BCUT2D eigenvalue weighted by atomic mass is 19.1. The van der Waals surface area contributed by atoms with Gasteiger partial charge >= 0.3 is 0 Å². The monoisotopic (exact) mass is 613 g/mol. The van der Waals surface area contributed by atoms with Gasteiger partial charge in [0.25, 0.3) is 11.5 Å². The number of aryl methyl sites for hydroxylation is 1. The molecule has 3 N–H and O–H groups in total. The third-order valence-electron chi connectivity index (χ3n) is 7.24. The Hall–Kier alpha value is -6.56. The molecule has 3 aromatic carbocycles. The van der Waals surface area contributed by atoms with Gasteiger partial charge in [-0.1, -0.05) is 12.1 Å². The molecule has 7 aromatic rings. The Bertz CT molecular complexity index is 2270. The molecule has 12 heteroatoms. The Kier molecular flexibility index (Phi) is 7.06. The fourth-order valence-electron chi connectivity index (χ4n) is 5.04. The second-order valence-corrected chi connectivity index (χ2v) is 10.3. The summed E-state index contributed by atoms with van der Waals surface area (Å²) in [4.78, 5) is 34.9. The number of hydrogen-bond acceptors (Lipinski definition) is 8. The van der Waals surface area contributed by atoms with Crippen LogP contribution in [0, 0.1) is 5.82 Å². The van der Waals surface area contributed by atoms with Crippen molar-refractivity contribution >= 4 is 28.4 Å². The van der Waals surface area contributed by atoms with Crippen molar-refractivity contribution in [3.8, 4) is 39.8 Å². The van der Waals surface area contributed by atoms with Crippen LogP contribution in [-0.4, -0.2) is 30.2 Å². The van der Waals surface area contributed by atoms with Gasteiger partial charge in [-0.2, -0.15) is 5.10 Å². The molecule has 0 bridgehead atoms. The van der Waals surface area contributed by atoms with Crippen LogP contribution in [0.15, 0.2) is 119 Å². The number of carbonyl (C=O) groups excluding carboxylic acids is 1. The van der Waals surface area contributed by atoms with Gasteiger partial charge in [-0.25, -0.2) is 14.4 Å². The molecule has 0 aliphatic heterocycles. The molecular formula is C34H24FN7O4. The van der Waals surface area contributed by atoms with Gasteiger partial charge in [-0.05, 0) is 78.4 Å². The zero-order valence-electron chi connectivity index (χ0n) is 24.2. The Labute approximate surface area is 260 Å². The molecule has 0 aliphatic rings. The fraction of sp³-hybridized carbons (Fsp3) is 0.0294. The average molecular weight is 614 g/mol. The first-order valence-electron chi connectivity index (χ1n) is 14.0. The SMILES string of the molecule is Cn1cc(-c2oc3ncnc(Oc4ccc(NC(=O)c5cccn(-c6ccc(F)cc6)c5=O)cc4)c3c2-c2ccc(N)cc2)cn1. The minimum Gasteiger partial charge on any atom is -0.438 e. The number of carbonyl (C=O) groups is 1. The average Bonchev–Trinajstić information content (AvgIpc) is 3.67. The van der Waals surface area contributed by atoms with Gasteiger partial charge in [0.2, 0.25) is 11.6 Å². The number of anilines is 2. The van der Waals surface area contributed by atoms with Crippen LogP contribution in [0.25, 0.3) is 39.2 Å². The molecule has 4 aromatic heterocycles. The Morgan fingerprint density at radius 3 is 2.43 bits per heavy atom. The van der Waals surface area contributed by atoms with Crippen LogP contribution in [0.1, 0.15) is 10.4 Å². The van der Waals surface area contributed by atoms with E-state index in [0.717, 1.165) is 16.7 Å². The third kappa shape index (κ3) is 5.35. The highest BCUT2D eigenvalue weighted by Crippen LogP contribution is 2.44. The largest absolute Gasteiger partial charge is 0.438 e. The molecule has 7 rings (SSSR count). The first-order chi connectivity index (χ1) is 22.3. The number of pyridine rings is 1. The van der Waals surface area contributed by atoms with Crippen molar-refractivity contribution in [1.82, 2.24) is 24.3 Å². The zero-order valence-corrected chi connectivity index (χ0v) is 24.2. The van der Waals surface area contributed by atoms with E-state index in [2.05, 4.69) is 20.4 Å². The van der Waals surface area contributed by atoms with E-state index in [0.29, 0.717) is 39.7 Å². The molecule has 0 saturated heterocycles. The lowest BCUT2D eigenvalue weighted by Gasteiger charge is -2.10. The van der Waals surface area contributed by atoms with Gasteiger partial charge in [0, 0.05) is 42.1 Å². The smallest absolute Gasteiger partial charge is 0.267 e. The minimum absolute atomic E-state index is 0.0740. The number of amides is 1.